The van der Waals surface area contributed by atoms with Gasteiger partial charge in [-0.25, -0.2) is 13.1 Å². The molecule has 1 aromatic rings. The molecule has 0 aromatic heterocycles. The minimum absolute atomic E-state index is 0.0449. The largest absolute Gasteiger partial charge is 0.326 e. The van der Waals surface area contributed by atoms with Crippen LogP contribution in [0.3, 0.4) is 0 Å². The van der Waals surface area contributed by atoms with Crippen molar-refractivity contribution in [1.82, 2.24) is 9.62 Å². The number of hydrogen-bond acceptors (Lipinski definition) is 6. The molecule has 1 aliphatic heterocycles. The predicted molar refractivity (Wildman–Crippen MR) is 95.5 cm³/mol. The van der Waals surface area contributed by atoms with Crippen LogP contribution in [0.4, 0.5) is 5.69 Å². The number of piperidine rings is 1. The number of amides is 2. The second-order valence-electron chi connectivity index (χ2n) is 6.20. The van der Waals surface area contributed by atoms with Crippen LogP contribution in [-0.2, 0) is 19.6 Å². The van der Waals surface area contributed by atoms with Crippen LogP contribution in [-0.4, -0.2) is 44.8 Å². The van der Waals surface area contributed by atoms with Gasteiger partial charge in [0.25, 0.3) is 10.0 Å². The molecule has 1 saturated heterocycles. The number of nitriles is 1. The molecule has 0 radical (unpaired) electrons. The molecule has 0 spiro atoms. The minimum atomic E-state index is -3.88. The van der Waals surface area contributed by atoms with Crippen molar-refractivity contribution in [2.75, 3.05) is 25.0 Å². The zero-order valence-electron chi connectivity index (χ0n) is 14.6. The third-order valence-corrected chi connectivity index (χ3v) is 5.66. The number of hydrogen-bond donors (Lipinski definition) is 2. The number of carbonyl (C=O) groups is 2. The number of rotatable bonds is 6. The second kappa shape index (κ2) is 8.78. The van der Waals surface area contributed by atoms with E-state index in [2.05, 4.69) is 16.3 Å². The summed E-state index contributed by atoms with van der Waals surface area (Å²) in [6.07, 6.45) is 1.95. The highest BCUT2D eigenvalue weighted by Crippen LogP contribution is 2.20. The smallest absolute Gasteiger partial charge is 0.264 e. The Balaban J connectivity index is 1.90. The summed E-state index contributed by atoms with van der Waals surface area (Å²) in [5.74, 6) is -0.859. The lowest BCUT2D eigenvalue weighted by Crippen LogP contribution is -2.38. The maximum absolute atomic E-state index is 12.4. The molecule has 8 nitrogen and oxygen atoms in total. The predicted octanol–water partition coefficient (Wildman–Crippen LogP) is 1.08. The molecule has 0 saturated carbocycles. The normalized spacial score (nSPS) is 15.8. The van der Waals surface area contributed by atoms with E-state index < -0.39 is 15.9 Å². The number of likely N-dealkylation sites (tertiary alicyclic amines) is 1. The fourth-order valence-electron chi connectivity index (χ4n) is 2.84. The molecular weight excluding hydrogens is 356 g/mol. The van der Waals surface area contributed by atoms with Crippen molar-refractivity contribution in [1.29, 1.82) is 5.26 Å². The Morgan fingerprint density at radius 2 is 1.85 bits per heavy atom. The van der Waals surface area contributed by atoms with Crippen molar-refractivity contribution >= 4 is 27.5 Å². The lowest BCUT2D eigenvalue weighted by molar-refractivity contribution is -0.121. The van der Waals surface area contributed by atoms with E-state index in [1.165, 1.54) is 24.3 Å². The maximum atomic E-state index is 12.4. The summed E-state index contributed by atoms with van der Waals surface area (Å²) in [5.41, 5.74) is 0.503. The Kier molecular flexibility index (Phi) is 6.71. The summed E-state index contributed by atoms with van der Waals surface area (Å²) >= 11 is 0. The summed E-state index contributed by atoms with van der Waals surface area (Å²) in [4.78, 5) is 25.4. The van der Waals surface area contributed by atoms with E-state index in [9.17, 15) is 18.0 Å². The number of nitrogens with zero attached hydrogens (tertiary/aromatic N) is 2. The van der Waals surface area contributed by atoms with Gasteiger partial charge in [0.2, 0.25) is 11.8 Å². The fourth-order valence-corrected chi connectivity index (χ4v) is 3.83. The Labute approximate surface area is 153 Å². The van der Waals surface area contributed by atoms with Crippen LogP contribution in [0.1, 0.15) is 26.2 Å². The molecule has 9 heteroatoms. The van der Waals surface area contributed by atoms with Crippen molar-refractivity contribution in [2.24, 2.45) is 5.92 Å². The molecule has 2 N–H and O–H groups in total. The van der Waals surface area contributed by atoms with Crippen LogP contribution < -0.4 is 10.0 Å². The Hall–Kier alpha value is -2.44. The topological polar surface area (TPSA) is 119 Å². The monoisotopic (exact) mass is 378 g/mol. The van der Waals surface area contributed by atoms with E-state index in [1.54, 1.807) is 0 Å². The quantitative estimate of drug-likeness (QED) is 0.764. The highest BCUT2D eigenvalue weighted by Gasteiger charge is 2.25. The number of anilines is 1. The van der Waals surface area contributed by atoms with Gasteiger partial charge in [0.1, 0.15) is 0 Å². The van der Waals surface area contributed by atoms with E-state index in [-0.39, 0.29) is 16.7 Å². The van der Waals surface area contributed by atoms with Gasteiger partial charge in [0, 0.05) is 31.5 Å². The van der Waals surface area contributed by atoms with Gasteiger partial charge in [-0.15, -0.1) is 0 Å². The lowest BCUT2D eigenvalue weighted by Gasteiger charge is -2.30. The van der Waals surface area contributed by atoms with Crippen molar-refractivity contribution < 1.29 is 18.0 Å². The number of nitrogens with one attached hydrogen (secondary N) is 2. The van der Waals surface area contributed by atoms with Gasteiger partial charge < -0.3 is 10.2 Å². The van der Waals surface area contributed by atoms with Gasteiger partial charge in [-0.2, -0.15) is 5.26 Å². The lowest BCUT2D eigenvalue weighted by atomic mass is 9.95. The first-order chi connectivity index (χ1) is 12.3. The van der Waals surface area contributed by atoms with Gasteiger partial charge in [0.05, 0.1) is 11.0 Å². The highest BCUT2D eigenvalue weighted by atomic mass is 32.2. The molecule has 0 aliphatic carbocycles. The van der Waals surface area contributed by atoms with Crippen LogP contribution >= 0.6 is 0 Å². The highest BCUT2D eigenvalue weighted by molar-refractivity contribution is 7.90. The van der Waals surface area contributed by atoms with E-state index in [0.29, 0.717) is 12.1 Å². The standard InChI is InChI=1S/C17H22N4O4S/c1-13(22)20-26(24,25)16-5-3-15(4-6-16)19-17(23)14-7-11-21(12-8-14)10-2-9-18/h3-6,14H,2,7-8,10-12H2,1H3,(H,19,23)(H,20,22). The summed E-state index contributed by atoms with van der Waals surface area (Å²) in [6.45, 7) is 3.42. The molecule has 2 rings (SSSR count). The van der Waals surface area contributed by atoms with Crippen molar-refractivity contribution in [2.45, 2.75) is 31.1 Å². The summed E-state index contributed by atoms with van der Waals surface area (Å²) in [5, 5.41) is 11.4. The maximum Gasteiger partial charge on any atom is 0.264 e. The Bertz CT molecular complexity index is 791. The van der Waals surface area contributed by atoms with Crippen LogP contribution in [0.2, 0.25) is 0 Å². The SMILES string of the molecule is CC(=O)NS(=O)(=O)c1ccc(NC(=O)C2CCN(CCC#N)CC2)cc1. The van der Waals surface area contributed by atoms with Crippen LogP contribution in [0, 0.1) is 17.2 Å². The van der Waals surface area contributed by atoms with E-state index in [0.717, 1.165) is 39.4 Å². The molecule has 0 unspecified atom stereocenters. The summed E-state index contributed by atoms with van der Waals surface area (Å²) in [7, 11) is -3.88. The number of sulfonamides is 1. The first-order valence-electron chi connectivity index (χ1n) is 8.35. The van der Waals surface area contributed by atoms with Gasteiger partial charge in [-0.1, -0.05) is 0 Å². The molecule has 26 heavy (non-hydrogen) atoms. The zero-order valence-corrected chi connectivity index (χ0v) is 15.4. The van der Waals surface area contributed by atoms with E-state index >= 15 is 0 Å². The van der Waals surface area contributed by atoms with E-state index in [4.69, 9.17) is 5.26 Å². The third-order valence-electron chi connectivity index (χ3n) is 4.21. The molecule has 0 atom stereocenters. The molecule has 1 aromatic carbocycles. The van der Waals surface area contributed by atoms with Crippen LogP contribution in [0.15, 0.2) is 29.2 Å². The number of benzene rings is 1. The molecule has 1 aliphatic rings. The Morgan fingerprint density at radius 1 is 1.23 bits per heavy atom. The van der Waals surface area contributed by atoms with Crippen LogP contribution in [0.25, 0.3) is 0 Å². The molecule has 1 heterocycles. The molecular formula is C17H22N4O4S. The van der Waals surface area contributed by atoms with Crippen LogP contribution in [0.5, 0.6) is 0 Å². The summed E-state index contributed by atoms with van der Waals surface area (Å²) in [6, 6.07) is 7.79. The summed E-state index contributed by atoms with van der Waals surface area (Å²) < 4.78 is 25.7. The van der Waals surface area contributed by atoms with Crippen molar-refractivity contribution in [3.8, 4) is 6.07 Å². The van der Waals surface area contributed by atoms with Gasteiger partial charge >= 0.3 is 0 Å². The zero-order chi connectivity index (χ0) is 19.2. The fraction of sp³-hybridized carbons (Fsp3) is 0.471. The Morgan fingerprint density at radius 3 is 2.38 bits per heavy atom. The second-order valence-corrected chi connectivity index (χ2v) is 7.88. The minimum Gasteiger partial charge on any atom is -0.326 e. The third kappa shape index (κ3) is 5.54. The average molecular weight is 378 g/mol. The first-order valence-corrected chi connectivity index (χ1v) is 9.84. The van der Waals surface area contributed by atoms with Gasteiger partial charge in [0.15, 0.2) is 0 Å². The molecule has 1 fully saturated rings. The van der Waals surface area contributed by atoms with Crippen molar-refractivity contribution in [3.05, 3.63) is 24.3 Å². The van der Waals surface area contributed by atoms with Gasteiger partial charge in [-0.3, -0.25) is 9.59 Å². The molecule has 0 bridgehead atoms. The molecule has 2 amide bonds. The average Bonchev–Trinajstić information content (AvgIpc) is 2.59. The molecule has 140 valence electrons. The van der Waals surface area contributed by atoms with Gasteiger partial charge in [-0.05, 0) is 50.2 Å². The van der Waals surface area contributed by atoms with E-state index in [1.807, 2.05) is 4.72 Å². The first kappa shape index (κ1) is 19.9. The number of carbonyl (C=O) groups excluding carboxylic acids is 2. The van der Waals surface area contributed by atoms with Crippen molar-refractivity contribution in [3.63, 3.8) is 0 Å².